The Kier molecular flexibility index (Phi) is 7.55. The zero-order valence-corrected chi connectivity index (χ0v) is 29.2. The van der Waals surface area contributed by atoms with Crippen LogP contribution in [0, 0.1) is 0 Å². The van der Waals surface area contributed by atoms with Gasteiger partial charge >= 0.3 is 0 Å². The van der Waals surface area contributed by atoms with E-state index in [1.54, 1.807) is 0 Å². The van der Waals surface area contributed by atoms with E-state index in [0.29, 0.717) is 0 Å². The topological polar surface area (TPSA) is 3.24 Å². The SMILES string of the molecule is c1ccc(-c2ccc(-c3cc4c5ccccc5ccc4c4ccccc34)c(N(c3ccccc3)c3ccc(-c4ccc5ccccc5c4)cc3)c2)cc1. The van der Waals surface area contributed by atoms with Crippen molar-refractivity contribution < 1.29 is 0 Å². The van der Waals surface area contributed by atoms with Crippen LogP contribution in [0.3, 0.4) is 0 Å². The quantitative estimate of drug-likeness (QED) is 0.159. The van der Waals surface area contributed by atoms with E-state index in [1.807, 2.05) is 0 Å². The molecule has 0 aliphatic carbocycles. The van der Waals surface area contributed by atoms with Gasteiger partial charge in [0.2, 0.25) is 0 Å². The maximum atomic E-state index is 2.42. The number of fused-ring (bicyclic) bond motifs is 6. The lowest BCUT2D eigenvalue weighted by atomic mass is 9.89. The molecule has 0 atom stereocenters. The lowest BCUT2D eigenvalue weighted by Crippen LogP contribution is -2.11. The molecule has 0 aromatic heterocycles. The van der Waals surface area contributed by atoms with E-state index < -0.39 is 0 Å². The first-order valence-electron chi connectivity index (χ1n) is 18.3. The van der Waals surface area contributed by atoms with Crippen molar-refractivity contribution in [3.05, 3.63) is 212 Å². The highest BCUT2D eigenvalue weighted by Gasteiger charge is 2.21. The molecular formula is C52H35N. The molecule has 248 valence electrons. The first kappa shape index (κ1) is 30.8. The Morgan fingerprint density at radius 2 is 0.774 bits per heavy atom. The minimum Gasteiger partial charge on any atom is -0.310 e. The summed E-state index contributed by atoms with van der Waals surface area (Å²) in [6.07, 6.45) is 0. The van der Waals surface area contributed by atoms with E-state index in [2.05, 4.69) is 217 Å². The summed E-state index contributed by atoms with van der Waals surface area (Å²) in [7, 11) is 0. The van der Waals surface area contributed by atoms with Crippen molar-refractivity contribution in [1.29, 1.82) is 0 Å². The third kappa shape index (κ3) is 5.51. The fraction of sp³-hybridized carbons (Fsp3) is 0. The lowest BCUT2D eigenvalue weighted by Gasteiger charge is -2.29. The highest BCUT2D eigenvalue weighted by Crippen LogP contribution is 2.46. The van der Waals surface area contributed by atoms with Gasteiger partial charge in [0, 0.05) is 16.9 Å². The van der Waals surface area contributed by atoms with Crippen LogP contribution >= 0.6 is 0 Å². The molecule has 0 amide bonds. The second-order valence-electron chi connectivity index (χ2n) is 13.7. The summed E-state index contributed by atoms with van der Waals surface area (Å²) in [5.41, 5.74) is 10.5. The zero-order valence-electron chi connectivity index (χ0n) is 29.2. The molecule has 10 aromatic carbocycles. The van der Waals surface area contributed by atoms with Gasteiger partial charge in [-0.25, -0.2) is 0 Å². The molecule has 0 saturated heterocycles. The van der Waals surface area contributed by atoms with Gasteiger partial charge in [0.15, 0.2) is 0 Å². The summed E-state index contributed by atoms with van der Waals surface area (Å²) < 4.78 is 0. The van der Waals surface area contributed by atoms with Crippen LogP contribution in [0.1, 0.15) is 0 Å². The van der Waals surface area contributed by atoms with Gasteiger partial charge in [0.05, 0.1) is 5.69 Å². The third-order valence-electron chi connectivity index (χ3n) is 10.6. The number of nitrogens with zero attached hydrogens (tertiary/aromatic N) is 1. The number of anilines is 3. The standard InChI is InChI=1S/C52H35N/c1-3-13-36(14-4-1)42-28-32-49(51-35-50-45-20-10-9-16-39(45)27-31-48(50)46-21-11-12-22-47(46)51)52(34-42)53(43-18-5-2-6-19-43)44-29-25-38(26-30-44)41-24-23-37-15-7-8-17-40(37)33-41/h1-35H. The Bertz CT molecular complexity index is 2930. The third-order valence-corrected chi connectivity index (χ3v) is 10.6. The van der Waals surface area contributed by atoms with Crippen molar-refractivity contribution in [1.82, 2.24) is 0 Å². The highest BCUT2D eigenvalue weighted by atomic mass is 15.1. The normalized spacial score (nSPS) is 11.4. The van der Waals surface area contributed by atoms with Crippen molar-refractivity contribution in [3.63, 3.8) is 0 Å². The molecule has 1 heteroatoms. The van der Waals surface area contributed by atoms with E-state index in [0.717, 1.165) is 17.1 Å². The van der Waals surface area contributed by atoms with E-state index in [-0.39, 0.29) is 0 Å². The number of para-hydroxylation sites is 1. The maximum absolute atomic E-state index is 2.42. The Morgan fingerprint density at radius 1 is 0.245 bits per heavy atom. The molecule has 0 bridgehead atoms. The van der Waals surface area contributed by atoms with Gasteiger partial charge in [0.25, 0.3) is 0 Å². The summed E-state index contributed by atoms with van der Waals surface area (Å²) in [5.74, 6) is 0. The lowest BCUT2D eigenvalue weighted by molar-refractivity contribution is 1.28. The minimum atomic E-state index is 1.10. The molecule has 1 nitrogen and oxygen atoms in total. The molecule has 53 heavy (non-hydrogen) atoms. The first-order valence-corrected chi connectivity index (χ1v) is 18.3. The van der Waals surface area contributed by atoms with Gasteiger partial charge in [-0.05, 0) is 113 Å². The van der Waals surface area contributed by atoms with E-state index in [4.69, 9.17) is 0 Å². The van der Waals surface area contributed by atoms with Crippen molar-refractivity contribution in [3.8, 4) is 33.4 Å². The van der Waals surface area contributed by atoms with Crippen LogP contribution < -0.4 is 4.90 Å². The predicted molar refractivity (Wildman–Crippen MR) is 227 cm³/mol. The Hall–Kier alpha value is -6.96. The van der Waals surface area contributed by atoms with Crippen LogP contribution in [0.2, 0.25) is 0 Å². The molecular weight excluding hydrogens is 639 g/mol. The molecule has 0 fully saturated rings. The van der Waals surface area contributed by atoms with Crippen LogP contribution in [-0.2, 0) is 0 Å². The molecule has 0 unspecified atom stereocenters. The number of hydrogen-bond donors (Lipinski definition) is 0. The minimum absolute atomic E-state index is 1.10. The van der Waals surface area contributed by atoms with Crippen LogP contribution in [0.25, 0.3) is 76.5 Å². The van der Waals surface area contributed by atoms with E-state index in [1.165, 1.54) is 76.5 Å². The molecule has 0 aliphatic heterocycles. The van der Waals surface area contributed by atoms with E-state index >= 15 is 0 Å². The Morgan fingerprint density at radius 3 is 1.57 bits per heavy atom. The summed E-state index contributed by atoms with van der Waals surface area (Å²) >= 11 is 0. The van der Waals surface area contributed by atoms with Gasteiger partial charge in [-0.15, -0.1) is 0 Å². The molecule has 0 saturated carbocycles. The van der Waals surface area contributed by atoms with E-state index in [9.17, 15) is 0 Å². The first-order chi connectivity index (χ1) is 26.3. The largest absolute Gasteiger partial charge is 0.310 e. The zero-order chi connectivity index (χ0) is 35.1. The van der Waals surface area contributed by atoms with Gasteiger partial charge in [-0.2, -0.15) is 0 Å². The van der Waals surface area contributed by atoms with Gasteiger partial charge in [-0.3, -0.25) is 0 Å². The second-order valence-corrected chi connectivity index (χ2v) is 13.7. The van der Waals surface area contributed by atoms with Crippen molar-refractivity contribution in [2.24, 2.45) is 0 Å². The van der Waals surface area contributed by atoms with Crippen LogP contribution in [0.15, 0.2) is 212 Å². The van der Waals surface area contributed by atoms with Crippen molar-refractivity contribution in [2.45, 2.75) is 0 Å². The molecule has 10 aromatic rings. The van der Waals surface area contributed by atoms with Gasteiger partial charge in [0.1, 0.15) is 0 Å². The molecule has 0 aliphatic rings. The van der Waals surface area contributed by atoms with Crippen LogP contribution in [0.4, 0.5) is 17.1 Å². The molecule has 0 heterocycles. The summed E-state index contributed by atoms with van der Waals surface area (Å²) in [4.78, 5) is 2.42. The van der Waals surface area contributed by atoms with Crippen molar-refractivity contribution in [2.75, 3.05) is 4.90 Å². The number of hydrogen-bond acceptors (Lipinski definition) is 1. The fourth-order valence-electron chi connectivity index (χ4n) is 8.01. The smallest absolute Gasteiger partial charge is 0.0546 e. The Balaban J connectivity index is 1.22. The summed E-state index contributed by atoms with van der Waals surface area (Å²) in [6, 6.07) is 77.4. The number of benzene rings is 10. The molecule has 0 radical (unpaired) electrons. The van der Waals surface area contributed by atoms with Gasteiger partial charge in [-0.1, -0.05) is 170 Å². The average molecular weight is 674 g/mol. The Labute approximate surface area is 309 Å². The summed E-state index contributed by atoms with van der Waals surface area (Å²) in [6.45, 7) is 0. The molecule has 0 N–H and O–H groups in total. The highest BCUT2D eigenvalue weighted by molar-refractivity contribution is 6.21. The molecule has 0 spiro atoms. The van der Waals surface area contributed by atoms with Crippen LogP contribution in [0.5, 0.6) is 0 Å². The predicted octanol–water partition coefficient (Wildman–Crippen LogP) is 14.8. The van der Waals surface area contributed by atoms with Crippen molar-refractivity contribution >= 4 is 60.2 Å². The maximum Gasteiger partial charge on any atom is 0.0546 e. The van der Waals surface area contributed by atoms with Gasteiger partial charge < -0.3 is 4.90 Å². The fourth-order valence-corrected chi connectivity index (χ4v) is 8.01. The molecule has 10 rings (SSSR count). The second kappa shape index (κ2) is 13.0. The van der Waals surface area contributed by atoms with Crippen LogP contribution in [-0.4, -0.2) is 0 Å². The summed E-state index contributed by atoms with van der Waals surface area (Å²) in [5, 5.41) is 10.1. The average Bonchev–Trinajstić information content (AvgIpc) is 3.24. The number of rotatable bonds is 6. The monoisotopic (exact) mass is 673 g/mol.